The molecule has 1 spiro atoms. The van der Waals surface area contributed by atoms with Crippen molar-refractivity contribution in [3.63, 3.8) is 0 Å². The Morgan fingerprint density at radius 3 is 2.75 bits per heavy atom. The number of amides is 2. The second kappa shape index (κ2) is 9.65. The Morgan fingerprint density at radius 2 is 2.03 bits per heavy atom. The molecule has 6 atom stereocenters. The van der Waals surface area contributed by atoms with Crippen molar-refractivity contribution < 1.29 is 29.0 Å². The predicted molar refractivity (Wildman–Crippen MR) is 133 cm³/mol. The van der Waals surface area contributed by atoms with Gasteiger partial charge in [-0.1, -0.05) is 55.0 Å². The summed E-state index contributed by atoms with van der Waals surface area (Å²) in [5, 5.41) is 10.6. The molecule has 0 saturated carbocycles. The summed E-state index contributed by atoms with van der Waals surface area (Å²) in [7, 11) is 0. The van der Waals surface area contributed by atoms with Crippen molar-refractivity contribution >= 4 is 35.1 Å². The number of carbonyl (C=O) groups excluding carboxylic acids is 3. The van der Waals surface area contributed by atoms with Crippen molar-refractivity contribution in [1.29, 1.82) is 0 Å². The van der Waals surface area contributed by atoms with Gasteiger partial charge in [-0.05, 0) is 37.8 Å². The molecular formula is C27H31ClN2O6. The zero-order chi connectivity index (χ0) is 25.6. The number of anilines is 1. The first-order valence-corrected chi connectivity index (χ1v) is 12.9. The highest BCUT2D eigenvalue weighted by atomic mass is 35.5. The number of allylic oxidation sites excluding steroid dienone is 1. The Bertz CT molecular complexity index is 1110. The lowest BCUT2D eigenvalue weighted by molar-refractivity contribution is -0.155. The van der Waals surface area contributed by atoms with E-state index in [0.717, 1.165) is 12.0 Å². The van der Waals surface area contributed by atoms with Crippen molar-refractivity contribution in [2.75, 3.05) is 24.7 Å². The van der Waals surface area contributed by atoms with E-state index in [1.807, 2.05) is 44.2 Å². The zero-order valence-electron chi connectivity index (χ0n) is 20.4. The van der Waals surface area contributed by atoms with Crippen LogP contribution in [0.25, 0.3) is 0 Å². The molecule has 1 N–H and O–H groups in total. The Kier molecular flexibility index (Phi) is 6.70. The highest BCUT2D eigenvalue weighted by Crippen LogP contribution is 2.54. The molecule has 8 nitrogen and oxygen atoms in total. The maximum absolute atomic E-state index is 14.4. The van der Waals surface area contributed by atoms with Crippen LogP contribution in [0.1, 0.15) is 31.7 Å². The number of hydrogen-bond donors (Lipinski definition) is 1. The molecule has 1 unspecified atom stereocenters. The molecule has 192 valence electrons. The molecule has 1 aromatic carbocycles. The maximum atomic E-state index is 14.4. The molecule has 2 amide bonds. The number of cyclic esters (lactones) is 1. The quantitative estimate of drug-likeness (QED) is 0.490. The molecule has 4 aliphatic rings. The van der Waals surface area contributed by atoms with E-state index in [1.165, 1.54) is 4.90 Å². The van der Waals surface area contributed by atoms with Crippen LogP contribution in [0.4, 0.5) is 5.69 Å². The number of para-hydroxylation sites is 1. The van der Waals surface area contributed by atoms with Crippen LogP contribution in [0.15, 0.2) is 42.5 Å². The predicted octanol–water partition coefficient (Wildman–Crippen LogP) is 2.80. The van der Waals surface area contributed by atoms with Crippen molar-refractivity contribution in [1.82, 2.24) is 4.90 Å². The van der Waals surface area contributed by atoms with E-state index in [2.05, 4.69) is 0 Å². The normalized spacial score (nSPS) is 33.6. The number of carbonyl (C=O) groups is 3. The first-order chi connectivity index (χ1) is 17.4. The largest absolute Gasteiger partial charge is 0.465 e. The number of ether oxygens (including phenoxy) is 2. The third-order valence-electron chi connectivity index (χ3n) is 7.82. The summed E-state index contributed by atoms with van der Waals surface area (Å²) in [6.45, 7) is 3.89. The molecule has 1 aromatic rings. The summed E-state index contributed by atoms with van der Waals surface area (Å²) in [6.07, 6.45) is 8.49. The molecule has 5 rings (SSSR count). The van der Waals surface area contributed by atoms with Crippen LogP contribution in [0.2, 0.25) is 5.02 Å². The standard InChI is InChI=1S/C27H31ClN2O6/c1-3-17(15-31)30-23-25(33)29(22-16(2)9-7-10-18(22)28)13-8-12-27(23)21(24(30)32)20-19(36-27)11-5-4-6-14-35-26(20)34/h5,7-12,17,19-21,23,31H,3-4,6,13-15H2,1-2H3/b11-5-/t17-,19+,20-,21-,23?,27-/m0/s1. The molecule has 36 heavy (non-hydrogen) atoms. The second-order valence-corrected chi connectivity index (χ2v) is 10.2. The lowest BCUT2D eigenvalue weighted by Gasteiger charge is -2.38. The average molecular weight is 515 g/mol. The van der Waals surface area contributed by atoms with Gasteiger partial charge in [-0.2, -0.15) is 0 Å². The van der Waals surface area contributed by atoms with Gasteiger partial charge in [0.2, 0.25) is 5.91 Å². The average Bonchev–Trinajstić information content (AvgIpc) is 3.26. The molecule has 0 radical (unpaired) electrons. The van der Waals surface area contributed by atoms with Crippen LogP contribution < -0.4 is 4.90 Å². The van der Waals surface area contributed by atoms with Gasteiger partial charge < -0.3 is 24.4 Å². The lowest BCUT2D eigenvalue weighted by atomic mass is 9.78. The van der Waals surface area contributed by atoms with Gasteiger partial charge in [0.1, 0.15) is 17.6 Å². The van der Waals surface area contributed by atoms with Gasteiger partial charge in [0.05, 0.1) is 42.0 Å². The van der Waals surface area contributed by atoms with Gasteiger partial charge in [-0.15, -0.1) is 0 Å². The minimum Gasteiger partial charge on any atom is -0.465 e. The summed E-state index contributed by atoms with van der Waals surface area (Å²) in [4.78, 5) is 44.7. The third-order valence-corrected chi connectivity index (χ3v) is 8.13. The van der Waals surface area contributed by atoms with Crippen LogP contribution in [0.5, 0.6) is 0 Å². The first kappa shape index (κ1) is 25.0. The number of aryl methyl sites for hydroxylation is 1. The minimum absolute atomic E-state index is 0.227. The fourth-order valence-electron chi connectivity index (χ4n) is 6.17. The molecule has 4 heterocycles. The number of aliphatic hydroxyl groups is 1. The Labute approximate surface area is 215 Å². The van der Waals surface area contributed by atoms with Gasteiger partial charge in [0.25, 0.3) is 5.91 Å². The maximum Gasteiger partial charge on any atom is 0.312 e. The van der Waals surface area contributed by atoms with E-state index in [1.54, 1.807) is 17.0 Å². The Hall–Kier alpha value is -2.68. The molecule has 4 aliphatic heterocycles. The number of nitrogens with zero attached hydrogens (tertiary/aromatic N) is 2. The van der Waals surface area contributed by atoms with Crippen LogP contribution in [0, 0.1) is 18.8 Å². The molecule has 2 fully saturated rings. The van der Waals surface area contributed by atoms with Gasteiger partial charge in [0.15, 0.2) is 0 Å². The van der Waals surface area contributed by atoms with E-state index in [9.17, 15) is 19.5 Å². The van der Waals surface area contributed by atoms with Crippen molar-refractivity contribution in [3.05, 3.63) is 53.1 Å². The second-order valence-electron chi connectivity index (χ2n) is 9.83. The topological polar surface area (TPSA) is 96.4 Å². The fraction of sp³-hybridized carbons (Fsp3) is 0.519. The number of hydrogen-bond acceptors (Lipinski definition) is 6. The number of benzene rings is 1. The van der Waals surface area contributed by atoms with Crippen LogP contribution >= 0.6 is 11.6 Å². The highest BCUT2D eigenvalue weighted by molar-refractivity contribution is 6.34. The molecule has 2 saturated heterocycles. The van der Waals surface area contributed by atoms with Crippen molar-refractivity contribution in [3.8, 4) is 0 Å². The van der Waals surface area contributed by atoms with Crippen LogP contribution in [-0.4, -0.2) is 71.3 Å². The van der Waals surface area contributed by atoms with Crippen LogP contribution in [0.3, 0.4) is 0 Å². The smallest absolute Gasteiger partial charge is 0.312 e. The Morgan fingerprint density at radius 1 is 1.22 bits per heavy atom. The number of halogens is 1. The van der Waals surface area contributed by atoms with E-state index < -0.39 is 41.6 Å². The Balaban J connectivity index is 1.67. The SMILES string of the molecule is CC[C@@H](CO)N1C(=O)[C@@H]2[C@H]3C(=O)OCCC/C=C\[C@H]3O[C@@]23C=CCN(c2c(C)cccc2Cl)C(=O)C13. The summed E-state index contributed by atoms with van der Waals surface area (Å²) in [5.74, 6) is -3.07. The van der Waals surface area contributed by atoms with Gasteiger partial charge in [0, 0.05) is 6.54 Å². The number of esters is 1. The fourth-order valence-corrected chi connectivity index (χ4v) is 6.49. The van der Waals surface area contributed by atoms with E-state index in [4.69, 9.17) is 21.1 Å². The monoisotopic (exact) mass is 514 g/mol. The molecule has 0 bridgehead atoms. The zero-order valence-corrected chi connectivity index (χ0v) is 21.2. The van der Waals surface area contributed by atoms with Crippen LogP contribution in [-0.2, 0) is 23.9 Å². The summed E-state index contributed by atoms with van der Waals surface area (Å²) in [5.41, 5.74) is 0.00981. The number of fused-ring (bicyclic) bond motifs is 2. The highest BCUT2D eigenvalue weighted by Gasteiger charge is 2.72. The molecule has 0 aromatic heterocycles. The van der Waals surface area contributed by atoms with Gasteiger partial charge >= 0.3 is 5.97 Å². The van der Waals surface area contributed by atoms with E-state index in [-0.39, 0.29) is 31.6 Å². The molecular weight excluding hydrogens is 484 g/mol. The van der Waals surface area contributed by atoms with Gasteiger partial charge in [-0.25, -0.2) is 0 Å². The third kappa shape index (κ3) is 3.69. The van der Waals surface area contributed by atoms with Crippen molar-refractivity contribution in [2.45, 2.75) is 56.9 Å². The van der Waals surface area contributed by atoms with E-state index in [0.29, 0.717) is 23.6 Å². The van der Waals surface area contributed by atoms with Gasteiger partial charge in [-0.3, -0.25) is 14.4 Å². The molecule has 0 aliphatic carbocycles. The number of likely N-dealkylation sites (tertiary alicyclic amines) is 1. The summed E-state index contributed by atoms with van der Waals surface area (Å²) in [6, 6.07) is 3.73. The number of rotatable bonds is 4. The lowest BCUT2D eigenvalue weighted by Crippen LogP contribution is -2.58. The summed E-state index contributed by atoms with van der Waals surface area (Å²) < 4.78 is 12.1. The minimum atomic E-state index is -1.38. The van der Waals surface area contributed by atoms with E-state index >= 15 is 0 Å². The molecule has 9 heteroatoms. The summed E-state index contributed by atoms with van der Waals surface area (Å²) >= 11 is 6.55. The van der Waals surface area contributed by atoms with Crippen molar-refractivity contribution in [2.24, 2.45) is 11.8 Å². The first-order valence-electron chi connectivity index (χ1n) is 12.5. The number of aliphatic hydroxyl groups excluding tert-OH is 1.